The van der Waals surface area contributed by atoms with Crippen molar-refractivity contribution < 1.29 is 0 Å². The Morgan fingerprint density at radius 1 is 1.13 bits per heavy atom. The molecule has 1 N–H and O–H groups in total. The number of benzene rings is 1. The van der Waals surface area contributed by atoms with Crippen LogP contribution in [0.3, 0.4) is 0 Å². The summed E-state index contributed by atoms with van der Waals surface area (Å²) in [5.74, 6) is 0. The van der Waals surface area contributed by atoms with Gasteiger partial charge in [0.25, 0.3) is 0 Å². The van der Waals surface area contributed by atoms with Gasteiger partial charge < -0.3 is 5.32 Å². The van der Waals surface area contributed by atoms with Gasteiger partial charge in [0.2, 0.25) is 0 Å². The molecule has 5 heteroatoms. The molecule has 0 bridgehead atoms. The van der Waals surface area contributed by atoms with E-state index >= 15 is 0 Å². The van der Waals surface area contributed by atoms with Gasteiger partial charge in [-0.1, -0.05) is 12.1 Å². The van der Waals surface area contributed by atoms with Crippen LogP contribution in [-0.4, -0.2) is 55.1 Å². The van der Waals surface area contributed by atoms with Crippen LogP contribution < -0.4 is 5.32 Å². The quantitative estimate of drug-likeness (QED) is 0.920. The maximum atomic E-state index is 9.00. The molecule has 0 radical (unpaired) electrons. The van der Waals surface area contributed by atoms with E-state index in [-0.39, 0.29) is 12.4 Å². The van der Waals surface area contributed by atoms with Crippen LogP contribution in [0.4, 0.5) is 0 Å². The number of halogens is 1. The van der Waals surface area contributed by atoms with Crippen LogP contribution in [0.2, 0.25) is 0 Å². The fraction of sp³-hybridized carbons (Fsp3) is 0.611. The van der Waals surface area contributed by atoms with E-state index in [0.717, 1.165) is 24.7 Å². The van der Waals surface area contributed by atoms with Gasteiger partial charge >= 0.3 is 0 Å². The van der Waals surface area contributed by atoms with Gasteiger partial charge in [0.05, 0.1) is 11.6 Å². The zero-order chi connectivity index (χ0) is 15.2. The number of nitriles is 1. The van der Waals surface area contributed by atoms with Crippen LogP contribution in [0.25, 0.3) is 0 Å². The smallest absolute Gasteiger partial charge is 0.0991 e. The number of nitrogens with zero attached hydrogens (tertiary/aromatic N) is 3. The third kappa shape index (κ3) is 5.19. The van der Waals surface area contributed by atoms with Crippen molar-refractivity contribution in [3.8, 4) is 6.07 Å². The lowest BCUT2D eigenvalue weighted by Gasteiger charge is -2.38. The Balaban J connectivity index is 0.00000192. The van der Waals surface area contributed by atoms with Gasteiger partial charge in [-0.3, -0.25) is 9.80 Å². The molecular formula is C18H27ClN4. The maximum absolute atomic E-state index is 9.00. The average Bonchev–Trinajstić information content (AvgIpc) is 2.85. The van der Waals surface area contributed by atoms with Gasteiger partial charge in [0.15, 0.2) is 0 Å². The van der Waals surface area contributed by atoms with Crippen molar-refractivity contribution in [1.29, 1.82) is 5.26 Å². The van der Waals surface area contributed by atoms with E-state index in [9.17, 15) is 0 Å². The zero-order valence-electron chi connectivity index (χ0n) is 13.7. The molecule has 0 amide bonds. The lowest BCUT2D eigenvalue weighted by Crippen LogP contribution is -2.45. The first-order valence-electron chi connectivity index (χ1n) is 8.51. The molecule has 0 spiro atoms. The van der Waals surface area contributed by atoms with E-state index in [1.807, 2.05) is 18.2 Å². The minimum absolute atomic E-state index is 0. The van der Waals surface area contributed by atoms with E-state index in [4.69, 9.17) is 5.26 Å². The summed E-state index contributed by atoms with van der Waals surface area (Å²) in [5.41, 5.74) is 2.03. The Morgan fingerprint density at radius 3 is 2.74 bits per heavy atom. The summed E-state index contributed by atoms with van der Waals surface area (Å²) in [6.45, 7) is 8.09. The highest BCUT2D eigenvalue weighted by molar-refractivity contribution is 5.85. The third-order valence-electron chi connectivity index (χ3n) is 4.91. The molecule has 2 heterocycles. The van der Waals surface area contributed by atoms with Crippen molar-refractivity contribution in [2.75, 3.05) is 39.3 Å². The lowest BCUT2D eigenvalue weighted by atomic mass is 10.0. The van der Waals surface area contributed by atoms with Crippen LogP contribution >= 0.6 is 12.4 Å². The Morgan fingerprint density at radius 2 is 1.96 bits per heavy atom. The van der Waals surface area contributed by atoms with Gasteiger partial charge in [-0.2, -0.15) is 5.26 Å². The van der Waals surface area contributed by atoms with E-state index < -0.39 is 0 Å². The highest BCUT2D eigenvalue weighted by Crippen LogP contribution is 2.19. The number of hydrogen-bond donors (Lipinski definition) is 1. The second-order valence-corrected chi connectivity index (χ2v) is 6.46. The minimum atomic E-state index is 0. The molecule has 2 aliphatic rings. The maximum Gasteiger partial charge on any atom is 0.0991 e. The van der Waals surface area contributed by atoms with Crippen molar-refractivity contribution >= 4 is 12.4 Å². The van der Waals surface area contributed by atoms with Crippen molar-refractivity contribution in [2.45, 2.75) is 31.8 Å². The van der Waals surface area contributed by atoms with Crippen LogP contribution in [0.5, 0.6) is 0 Å². The standard InChI is InChI=1S/C18H26N4.ClH/c19-14-16-3-1-4-17(13-16)15-21-10-5-18(6-11-21)22-9-2-7-20-8-12-22;/h1,3-4,13,18,20H,2,5-12,15H2;1H. The summed E-state index contributed by atoms with van der Waals surface area (Å²) in [6.07, 6.45) is 3.83. The van der Waals surface area contributed by atoms with Crippen molar-refractivity contribution in [1.82, 2.24) is 15.1 Å². The van der Waals surface area contributed by atoms with Gasteiger partial charge in [-0.15, -0.1) is 12.4 Å². The van der Waals surface area contributed by atoms with E-state index in [2.05, 4.69) is 27.3 Å². The van der Waals surface area contributed by atoms with Crippen LogP contribution in [-0.2, 0) is 6.54 Å². The van der Waals surface area contributed by atoms with Gasteiger partial charge in [0, 0.05) is 25.7 Å². The van der Waals surface area contributed by atoms with Crippen molar-refractivity contribution in [2.24, 2.45) is 0 Å². The summed E-state index contributed by atoms with van der Waals surface area (Å²) in [7, 11) is 0. The van der Waals surface area contributed by atoms with Crippen molar-refractivity contribution in [3.63, 3.8) is 0 Å². The molecule has 1 aromatic carbocycles. The van der Waals surface area contributed by atoms with Crippen LogP contribution in [0, 0.1) is 11.3 Å². The van der Waals surface area contributed by atoms with Crippen molar-refractivity contribution in [3.05, 3.63) is 35.4 Å². The van der Waals surface area contributed by atoms with E-state index in [1.165, 1.54) is 57.5 Å². The van der Waals surface area contributed by atoms with E-state index in [0.29, 0.717) is 0 Å². The van der Waals surface area contributed by atoms with Crippen LogP contribution in [0.1, 0.15) is 30.4 Å². The van der Waals surface area contributed by atoms with Gasteiger partial charge in [-0.25, -0.2) is 0 Å². The highest BCUT2D eigenvalue weighted by atomic mass is 35.5. The summed E-state index contributed by atoms with van der Waals surface area (Å²) in [5, 5.41) is 12.5. The first-order chi connectivity index (χ1) is 10.8. The first kappa shape index (κ1) is 18.2. The molecule has 0 saturated carbocycles. The summed E-state index contributed by atoms with van der Waals surface area (Å²) < 4.78 is 0. The molecule has 0 aromatic heterocycles. The number of piperidine rings is 1. The predicted molar refractivity (Wildman–Crippen MR) is 95.8 cm³/mol. The molecular weight excluding hydrogens is 308 g/mol. The second kappa shape index (κ2) is 9.24. The molecule has 2 saturated heterocycles. The Kier molecular flexibility index (Phi) is 7.32. The Hall–Kier alpha value is -1.12. The number of likely N-dealkylation sites (tertiary alicyclic amines) is 1. The van der Waals surface area contributed by atoms with E-state index in [1.54, 1.807) is 0 Å². The van der Waals surface area contributed by atoms with Gasteiger partial charge in [0.1, 0.15) is 0 Å². The molecule has 2 fully saturated rings. The summed E-state index contributed by atoms with van der Waals surface area (Å²) in [6, 6.07) is 11.0. The fourth-order valence-corrected chi connectivity index (χ4v) is 3.67. The zero-order valence-corrected chi connectivity index (χ0v) is 14.5. The molecule has 3 rings (SSSR count). The summed E-state index contributed by atoms with van der Waals surface area (Å²) >= 11 is 0. The molecule has 4 nitrogen and oxygen atoms in total. The SMILES string of the molecule is Cl.N#Cc1cccc(CN2CCC(N3CCCNCC3)CC2)c1. The molecule has 1 aromatic rings. The molecule has 0 atom stereocenters. The lowest BCUT2D eigenvalue weighted by molar-refractivity contribution is 0.109. The molecule has 23 heavy (non-hydrogen) atoms. The Labute approximate surface area is 145 Å². The first-order valence-corrected chi connectivity index (χ1v) is 8.51. The third-order valence-corrected chi connectivity index (χ3v) is 4.91. The minimum Gasteiger partial charge on any atom is -0.315 e. The fourth-order valence-electron chi connectivity index (χ4n) is 3.67. The number of nitrogens with one attached hydrogen (secondary N) is 1. The Bertz CT molecular complexity index is 512. The normalized spacial score (nSPS) is 21.2. The summed E-state index contributed by atoms with van der Waals surface area (Å²) in [4.78, 5) is 5.22. The van der Waals surface area contributed by atoms with Gasteiger partial charge in [-0.05, 0) is 63.1 Å². The predicted octanol–water partition coefficient (Wildman–Crippen LogP) is 2.24. The molecule has 0 aliphatic carbocycles. The number of hydrogen-bond acceptors (Lipinski definition) is 4. The number of rotatable bonds is 3. The highest BCUT2D eigenvalue weighted by Gasteiger charge is 2.24. The average molecular weight is 335 g/mol. The monoisotopic (exact) mass is 334 g/mol. The molecule has 0 unspecified atom stereocenters. The largest absolute Gasteiger partial charge is 0.315 e. The topological polar surface area (TPSA) is 42.3 Å². The molecule has 2 aliphatic heterocycles. The molecule has 126 valence electrons. The van der Waals surface area contributed by atoms with Crippen LogP contribution in [0.15, 0.2) is 24.3 Å². The second-order valence-electron chi connectivity index (χ2n) is 6.46.